The topological polar surface area (TPSA) is 66.6 Å². The van der Waals surface area contributed by atoms with Gasteiger partial charge in [0.05, 0.1) is 11.0 Å². The maximum Gasteiger partial charge on any atom is 0.269 e. The van der Waals surface area contributed by atoms with E-state index in [0.717, 1.165) is 43.5 Å². The van der Waals surface area contributed by atoms with Crippen LogP contribution in [0.25, 0.3) is 0 Å². The molecule has 0 spiro atoms. The van der Waals surface area contributed by atoms with Crippen LogP contribution >= 0.6 is 0 Å². The van der Waals surface area contributed by atoms with Gasteiger partial charge in [0.15, 0.2) is 0 Å². The van der Waals surface area contributed by atoms with Gasteiger partial charge in [0.2, 0.25) is 0 Å². The van der Waals surface area contributed by atoms with Crippen molar-refractivity contribution in [3.63, 3.8) is 0 Å². The number of aryl methyl sites for hydroxylation is 1. The lowest BCUT2D eigenvalue weighted by atomic mass is 10.1. The molecule has 0 aromatic heterocycles. The quantitative estimate of drug-likeness (QED) is 0.368. The van der Waals surface area contributed by atoms with E-state index in [2.05, 4.69) is 29.2 Å². The van der Waals surface area contributed by atoms with Gasteiger partial charge in [0.1, 0.15) is 0 Å². The highest BCUT2D eigenvalue weighted by molar-refractivity contribution is 5.33. The van der Waals surface area contributed by atoms with Crippen LogP contribution in [0.15, 0.2) is 84.9 Å². The Kier molecular flexibility index (Phi) is 8.12. The van der Waals surface area contributed by atoms with Crippen molar-refractivity contribution >= 4 is 5.69 Å². The second-order valence-electron chi connectivity index (χ2n) is 7.49. The normalized spacial score (nSPS) is 12.1. The van der Waals surface area contributed by atoms with Crippen LogP contribution in [0.2, 0.25) is 0 Å². The first-order valence-electron chi connectivity index (χ1n) is 10.3. The molecule has 3 aromatic carbocycles. The molecule has 156 valence electrons. The molecule has 1 atom stereocenters. The molecule has 30 heavy (non-hydrogen) atoms. The average Bonchev–Trinajstić information content (AvgIpc) is 2.79. The Morgan fingerprint density at radius 2 is 1.40 bits per heavy atom. The van der Waals surface area contributed by atoms with E-state index in [9.17, 15) is 15.2 Å². The molecule has 5 nitrogen and oxygen atoms in total. The van der Waals surface area contributed by atoms with E-state index >= 15 is 0 Å². The third kappa shape index (κ3) is 6.79. The molecule has 3 rings (SSSR count). The summed E-state index contributed by atoms with van der Waals surface area (Å²) < 4.78 is 0. The molecule has 0 saturated carbocycles. The third-order valence-electron chi connectivity index (χ3n) is 5.26. The molecular formula is C25H28N2O3. The summed E-state index contributed by atoms with van der Waals surface area (Å²) in [5.74, 6) is 0. The molecule has 0 bridgehead atoms. The van der Waals surface area contributed by atoms with Gasteiger partial charge in [0.25, 0.3) is 5.69 Å². The molecule has 0 aliphatic rings. The number of benzene rings is 3. The molecule has 0 saturated heterocycles. The van der Waals surface area contributed by atoms with Crippen molar-refractivity contribution in [2.24, 2.45) is 0 Å². The number of aliphatic hydroxyl groups excluding tert-OH is 1. The van der Waals surface area contributed by atoms with E-state index in [4.69, 9.17) is 0 Å². The lowest BCUT2D eigenvalue weighted by molar-refractivity contribution is -0.384. The molecule has 0 heterocycles. The molecule has 0 radical (unpaired) electrons. The second-order valence-corrected chi connectivity index (χ2v) is 7.49. The number of hydrogen-bond acceptors (Lipinski definition) is 4. The van der Waals surface area contributed by atoms with Crippen molar-refractivity contribution in [2.45, 2.75) is 25.4 Å². The summed E-state index contributed by atoms with van der Waals surface area (Å²) in [5, 5.41) is 21.5. The van der Waals surface area contributed by atoms with Gasteiger partial charge in [-0.3, -0.25) is 10.1 Å². The predicted octanol–water partition coefficient (Wildman–Crippen LogP) is 4.81. The standard InChI is InChI=1S/C25H28N2O3/c28-25(23-11-5-2-6-12-23)20-26(18-7-10-21-8-3-1-4-9-21)19-17-22-13-15-24(16-14-22)27(29)30/h1-6,8-9,11-16,25,28H,7,10,17-20H2/t25-/m0/s1. The van der Waals surface area contributed by atoms with Gasteiger partial charge in [-0.2, -0.15) is 0 Å². The zero-order chi connectivity index (χ0) is 21.2. The fourth-order valence-electron chi connectivity index (χ4n) is 3.54. The Balaban J connectivity index is 1.59. The monoisotopic (exact) mass is 404 g/mol. The SMILES string of the molecule is O=[N+]([O-])c1ccc(CCN(CCCc2ccccc2)C[C@H](O)c2ccccc2)cc1. The molecule has 1 N–H and O–H groups in total. The average molecular weight is 405 g/mol. The maximum absolute atomic E-state index is 10.8. The van der Waals surface area contributed by atoms with E-state index in [0.29, 0.717) is 6.54 Å². The highest BCUT2D eigenvalue weighted by Crippen LogP contribution is 2.16. The Morgan fingerprint density at radius 3 is 2.03 bits per heavy atom. The molecule has 0 aliphatic heterocycles. The van der Waals surface area contributed by atoms with Crippen LogP contribution in [-0.2, 0) is 12.8 Å². The lowest BCUT2D eigenvalue weighted by Crippen LogP contribution is -2.32. The van der Waals surface area contributed by atoms with Crippen molar-refractivity contribution in [3.8, 4) is 0 Å². The minimum atomic E-state index is -0.542. The summed E-state index contributed by atoms with van der Waals surface area (Å²) in [4.78, 5) is 12.7. The number of nitrogens with zero attached hydrogens (tertiary/aromatic N) is 2. The first-order chi connectivity index (χ1) is 14.6. The minimum Gasteiger partial charge on any atom is -0.387 e. The Morgan fingerprint density at radius 1 is 0.800 bits per heavy atom. The molecule has 0 amide bonds. The van der Waals surface area contributed by atoms with Gasteiger partial charge in [0, 0.05) is 25.2 Å². The summed E-state index contributed by atoms with van der Waals surface area (Å²) in [7, 11) is 0. The van der Waals surface area contributed by atoms with Gasteiger partial charge in [-0.1, -0.05) is 72.8 Å². The number of nitro groups is 1. The lowest BCUT2D eigenvalue weighted by Gasteiger charge is -2.25. The zero-order valence-corrected chi connectivity index (χ0v) is 17.1. The van der Waals surface area contributed by atoms with Crippen LogP contribution in [0, 0.1) is 10.1 Å². The van der Waals surface area contributed by atoms with Crippen LogP contribution in [0.5, 0.6) is 0 Å². The van der Waals surface area contributed by atoms with Crippen LogP contribution in [0.1, 0.15) is 29.2 Å². The van der Waals surface area contributed by atoms with Gasteiger partial charge in [-0.05, 0) is 42.5 Å². The van der Waals surface area contributed by atoms with Gasteiger partial charge >= 0.3 is 0 Å². The van der Waals surface area contributed by atoms with Crippen molar-refractivity contribution in [2.75, 3.05) is 19.6 Å². The molecule has 3 aromatic rings. The number of aliphatic hydroxyl groups is 1. The highest BCUT2D eigenvalue weighted by atomic mass is 16.6. The number of nitro benzene ring substituents is 1. The Hall–Kier alpha value is -3.02. The highest BCUT2D eigenvalue weighted by Gasteiger charge is 2.14. The minimum absolute atomic E-state index is 0.109. The van der Waals surface area contributed by atoms with E-state index in [1.165, 1.54) is 5.56 Å². The molecular weight excluding hydrogens is 376 g/mol. The smallest absolute Gasteiger partial charge is 0.269 e. The maximum atomic E-state index is 10.8. The van der Waals surface area contributed by atoms with Crippen LogP contribution in [0.4, 0.5) is 5.69 Å². The van der Waals surface area contributed by atoms with E-state index < -0.39 is 6.10 Å². The summed E-state index contributed by atoms with van der Waals surface area (Å²) >= 11 is 0. The van der Waals surface area contributed by atoms with Crippen LogP contribution in [-0.4, -0.2) is 34.6 Å². The fraction of sp³-hybridized carbons (Fsp3) is 0.280. The Labute approximate surface area is 177 Å². The number of non-ortho nitro benzene ring substituents is 1. The van der Waals surface area contributed by atoms with Crippen molar-refractivity contribution < 1.29 is 10.0 Å². The first-order valence-corrected chi connectivity index (χ1v) is 10.3. The van der Waals surface area contributed by atoms with E-state index in [1.54, 1.807) is 12.1 Å². The fourth-order valence-corrected chi connectivity index (χ4v) is 3.54. The first kappa shape index (κ1) is 21.7. The second kappa shape index (κ2) is 11.2. The molecule has 0 unspecified atom stereocenters. The Bertz CT molecular complexity index is 899. The van der Waals surface area contributed by atoms with E-state index in [1.807, 2.05) is 48.5 Å². The van der Waals surface area contributed by atoms with Crippen molar-refractivity contribution in [3.05, 3.63) is 112 Å². The van der Waals surface area contributed by atoms with E-state index in [-0.39, 0.29) is 10.6 Å². The molecule has 0 aliphatic carbocycles. The summed E-state index contributed by atoms with van der Waals surface area (Å²) in [5.41, 5.74) is 3.40. The van der Waals surface area contributed by atoms with Crippen LogP contribution in [0.3, 0.4) is 0 Å². The van der Waals surface area contributed by atoms with Gasteiger partial charge < -0.3 is 10.0 Å². The molecule has 5 heteroatoms. The zero-order valence-electron chi connectivity index (χ0n) is 17.1. The predicted molar refractivity (Wildman–Crippen MR) is 119 cm³/mol. The summed E-state index contributed by atoms with van der Waals surface area (Å²) in [6, 6.07) is 26.9. The van der Waals surface area contributed by atoms with Crippen molar-refractivity contribution in [1.29, 1.82) is 0 Å². The van der Waals surface area contributed by atoms with Gasteiger partial charge in [-0.25, -0.2) is 0 Å². The van der Waals surface area contributed by atoms with Crippen molar-refractivity contribution in [1.82, 2.24) is 4.90 Å². The largest absolute Gasteiger partial charge is 0.387 e. The molecule has 0 fully saturated rings. The summed E-state index contributed by atoms with van der Waals surface area (Å²) in [6.07, 6.45) is 2.24. The number of hydrogen-bond donors (Lipinski definition) is 1. The number of rotatable bonds is 11. The van der Waals surface area contributed by atoms with Crippen LogP contribution < -0.4 is 0 Å². The summed E-state index contributed by atoms with van der Waals surface area (Å²) in [6.45, 7) is 2.23. The third-order valence-corrected chi connectivity index (χ3v) is 5.26. The van der Waals surface area contributed by atoms with Gasteiger partial charge in [-0.15, -0.1) is 0 Å².